The van der Waals surface area contributed by atoms with E-state index in [-0.39, 0.29) is 11.9 Å². The molecule has 0 radical (unpaired) electrons. The Kier molecular flexibility index (Phi) is 3.83. The van der Waals surface area contributed by atoms with E-state index in [0.29, 0.717) is 5.52 Å². The van der Waals surface area contributed by atoms with Gasteiger partial charge in [-0.25, -0.2) is 9.37 Å². The molecule has 0 bridgehead atoms. The van der Waals surface area contributed by atoms with Crippen LogP contribution in [0.4, 0.5) is 4.39 Å². The summed E-state index contributed by atoms with van der Waals surface area (Å²) in [6.07, 6.45) is 3.52. The van der Waals surface area contributed by atoms with Crippen molar-refractivity contribution in [3.63, 3.8) is 0 Å². The standard InChI is InChI=1S/C19H20FN3/c20-15-9-10-16-17(12-15)22-19(21-16)18-8-4-5-11-23(18)13-14-6-2-1-3-7-14/h1-3,6-7,9-10,12,18H,4-5,8,11,13H2,(H,21,22). The molecule has 3 nitrogen and oxygen atoms in total. The average molecular weight is 309 g/mol. The predicted octanol–water partition coefficient (Wildman–Crippen LogP) is 4.43. The van der Waals surface area contributed by atoms with Crippen molar-refractivity contribution < 1.29 is 4.39 Å². The first-order valence-corrected chi connectivity index (χ1v) is 8.23. The first kappa shape index (κ1) is 14.4. The van der Waals surface area contributed by atoms with E-state index in [1.165, 1.54) is 30.5 Å². The molecule has 2 heterocycles. The van der Waals surface area contributed by atoms with E-state index in [1.807, 2.05) is 6.07 Å². The molecule has 0 spiro atoms. The third-order valence-corrected chi connectivity index (χ3v) is 4.62. The molecule has 1 atom stereocenters. The summed E-state index contributed by atoms with van der Waals surface area (Å²) in [4.78, 5) is 10.5. The van der Waals surface area contributed by atoms with Gasteiger partial charge in [-0.1, -0.05) is 36.8 Å². The minimum absolute atomic E-state index is 0.236. The first-order chi connectivity index (χ1) is 11.3. The summed E-state index contributed by atoms with van der Waals surface area (Å²) < 4.78 is 13.4. The molecule has 0 aliphatic carbocycles. The van der Waals surface area contributed by atoms with Gasteiger partial charge in [-0.3, -0.25) is 4.90 Å². The lowest BCUT2D eigenvalue weighted by Gasteiger charge is -2.34. The van der Waals surface area contributed by atoms with E-state index in [9.17, 15) is 4.39 Å². The van der Waals surface area contributed by atoms with Gasteiger partial charge in [0.1, 0.15) is 11.6 Å². The van der Waals surface area contributed by atoms with Crippen molar-refractivity contribution in [2.24, 2.45) is 0 Å². The molecule has 3 aromatic rings. The van der Waals surface area contributed by atoms with Gasteiger partial charge in [0.25, 0.3) is 0 Å². The fraction of sp³-hybridized carbons (Fsp3) is 0.316. The van der Waals surface area contributed by atoms with Crippen LogP contribution in [0.15, 0.2) is 48.5 Å². The Morgan fingerprint density at radius 2 is 2.00 bits per heavy atom. The number of halogens is 1. The molecular formula is C19H20FN3. The summed E-state index contributed by atoms with van der Waals surface area (Å²) in [7, 11) is 0. The number of imidazole rings is 1. The maximum Gasteiger partial charge on any atom is 0.125 e. The van der Waals surface area contributed by atoms with Crippen LogP contribution >= 0.6 is 0 Å². The van der Waals surface area contributed by atoms with Crippen molar-refractivity contribution >= 4 is 11.0 Å². The number of benzene rings is 2. The summed E-state index contributed by atoms with van der Waals surface area (Å²) in [5, 5.41) is 0. The maximum atomic E-state index is 13.4. The van der Waals surface area contributed by atoms with Crippen molar-refractivity contribution in [3.8, 4) is 0 Å². The highest BCUT2D eigenvalue weighted by atomic mass is 19.1. The van der Waals surface area contributed by atoms with Gasteiger partial charge < -0.3 is 4.98 Å². The van der Waals surface area contributed by atoms with Crippen molar-refractivity contribution in [2.45, 2.75) is 31.8 Å². The summed E-state index contributed by atoms with van der Waals surface area (Å²) >= 11 is 0. The summed E-state index contributed by atoms with van der Waals surface area (Å²) in [6, 6.07) is 15.6. The largest absolute Gasteiger partial charge is 0.341 e. The number of nitrogens with zero attached hydrogens (tertiary/aromatic N) is 2. The van der Waals surface area contributed by atoms with E-state index in [2.05, 4.69) is 39.1 Å². The third kappa shape index (κ3) is 2.99. The third-order valence-electron chi connectivity index (χ3n) is 4.62. The Bertz CT molecular complexity index is 797. The Morgan fingerprint density at radius 1 is 1.13 bits per heavy atom. The smallest absolute Gasteiger partial charge is 0.125 e. The van der Waals surface area contributed by atoms with Gasteiger partial charge in [-0.15, -0.1) is 0 Å². The van der Waals surface area contributed by atoms with E-state index in [1.54, 1.807) is 6.07 Å². The molecule has 1 aliphatic heterocycles. The quantitative estimate of drug-likeness (QED) is 0.776. The van der Waals surface area contributed by atoms with E-state index < -0.39 is 0 Å². The molecule has 1 saturated heterocycles. The molecule has 1 unspecified atom stereocenters. The number of nitrogens with one attached hydrogen (secondary N) is 1. The Labute approximate surface area is 135 Å². The molecule has 118 valence electrons. The second kappa shape index (κ2) is 6.13. The Morgan fingerprint density at radius 3 is 2.87 bits per heavy atom. The van der Waals surface area contributed by atoms with Crippen LogP contribution in [0.25, 0.3) is 11.0 Å². The van der Waals surface area contributed by atoms with Crippen LogP contribution < -0.4 is 0 Å². The average Bonchev–Trinajstić information content (AvgIpc) is 2.99. The molecule has 0 saturated carbocycles. The van der Waals surface area contributed by atoms with Crippen LogP contribution in [0.5, 0.6) is 0 Å². The van der Waals surface area contributed by atoms with Crippen molar-refractivity contribution in [2.75, 3.05) is 6.54 Å². The molecule has 1 N–H and O–H groups in total. The topological polar surface area (TPSA) is 31.9 Å². The van der Waals surface area contributed by atoms with Gasteiger partial charge in [0.05, 0.1) is 17.1 Å². The zero-order valence-electron chi connectivity index (χ0n) is 13.0. The molecule has 4 heteroatoms. The number of hydrogen-bond donors (Lipinski definition) is 1. The summed E-state index contributed by atoms with van der Waals surface area (Å²) in [5.74, 6) is 0.724. The number of likely N-dealkylation sites (tertiary alicyclic amines) is 1. The number of aromatic nitrogens is 2. The van der Waals surface area contributed by atoms with Crippen LogP contribution in [-0.2, 0) is 6.54 Å². The van der Waals surface area contributed by atoms with E-state index >= 15 is 0 Å². The van der Waals surface area contributed by atoms with E-state index in [4.69, 9.17) is 0 Å². The second-order valence-electron chi connectivity index (χ2n) is 6.25. The number of piperidine rings is 1. The van der Waals surface area contributed by atoms with Crippen molar-refractivity contribution in [1.29, 1.82) is 0 Å². The van der Waals surface area contributed by atoms with Gasteiger partial charge in [0.15, 0.2) is 0 Å². The summed E-state index contributed by atoms with van der Waals surface area (Å²) in [5.41, 5.74) is 2.94. The highest BCUT2D eigenvalue weighted by Crippen LogP contribution is 2.31. The van der Waals surface area contributed by atoms with Crippen LogP contribution in [0.2, 0.25) is 0 Å². The number of hydrogen-bond acceptors (Lipinski definition) is 2. The first-order valence-electron chi connectivity index (χ1n) is 8.23. The lowest BCUT2D eigenvalue weighted by molar-refractivity contribution is 0.134. The zero-order chi connectivity index (χ0) is 15.6. The van der Waals surface area contributed by atoms with Gasteiger partial charge in [0, 0.05) is 12.6 Å². The normalized spacial score (nSPS) is 19.3. The second-order valence-corrected chi connectivity index (χ2v) is 6.25. The molecule has 1 aliphatic rings. The highest BCUT2D eigenvalue weighted by Gasteiger charge is 2.26. The minimum atomic E-state index is -0.236. The predicted molar refractivity (Wildman–Crippen MR) is 89.5 cm³/mol. The lowest BCUT2D eigenvalue weighted by Crippen LogP contribution is -2.33. The molecule has 0 amide bonds. The number of fused-ring (bicyclic) bond motifs is 1. The number of aromatic amines is 1. The Hall–Kier alpha value is -2.20. The van der Waals surface area contributed by atoms with Crippen molar-refractivity contribution in [1.82, 2.24) is 14.9 Å². The summed E-state index contributed by atoms with van der Waals surface area (Å²) in [6.45, 7) is 2.00. The van der Waals surface area contributed by atoms with Crippen LogP contribution in [0, 0.1) is 5.82 Å². The van der Waals surface area contributed by atoms with Crippen LogP contribution in [0.1, 0.15) is 36.7 Å². The minimum Gasteiger partial charge on any atom is -0.341 e. The van der Waals surface area contributed by atoms with Gasteiger partial charge in [-0.2, -0.15) is 0 Å². The fourth-order valence-electron chi connectivity index (χ4n) is 3.46. The number of H-pyrrole nitrogens is 1. The molecule has 1 fully saturated rings. The molecule has 1 aromatic heterocycles. The van der Waals surface area contributed by atoms with Gasteiger partial charge >= 0.3 is 0 Å². The van der Waals surface area contributed by atoms with Gasteiger partial charge in [-0.05, 0) is 37.1 Å². The van der Waals surface area contributed by atoms with Crippen molar-refractivity contribution in [3.05, 3.63) is 65.7 Å². The van der Waals surface area contributed by atoms with Crippen LogP contribution in [0.3, 0.4) is 0 Å². The monoisotopic (exact) mass is 309 g/mol. The van der Waals surface area contributed by atoms with Crippen LogP contribution in [-0.4, -0.2) is 21.4 Å². The zero-order valence-corrected chi connectivity index (χ0v) is 13.0. The lowest BCUT2D eigenvalue weighted by atomic mass is 10.0. The molecular weight excluding hydrogens is 289 g/mol. The Balaban J connectivity index is 1.63. The molecule has 4 rings (SSSR count). The van der Waals surface area contributed by atoms with Gasteiger partial charge in [0.2, 0.25) is 0 Å². The number of rotatable bonds is 3. The highest BCUT2D eigenvalue weighted by molar-refractivity contribution is 5.75. The molecule has 2 aromatic carbocycles. The fourth-order valence-corrected chi connectivity index (χ4v) is 3.46. The molecule has 23 heavy (non-hydrogen) atoms. The maximum absolute atomic E-state index is 13.4. The SMILES string of the molecule is Fc1ccc2[nH]c(C3CCCCN3Cc3ccccc3)nc2c1. The van der Waals surface area contributed by atoms with E-state index in [0.717, 1.165) is 30.9 Å².